The molecule has 0 amide bonds. The zero-order valence-electron chi connectivity index (χ0n) is 18.5. The molecule has 0 radical (unpaired) electrons. The molecule has 176 valence electrons. The topological polar surface area (TPSA) is 55.3 Å². The highest BCUT2D eigenvalue weighted by Crippen LogP contribution is 2.34. The predicted octanol–water partition coefficient (Wildman–Crippen LogP) is 5.31. The Kier molecular flexibility index (Phi) is 8.23. The van der Waals surface area contributed by atoms with E-state index in [9.17, 15) is 13.6 Å². The van der Waals surface area contributed by atoms with Gasteiger partial charge in [-0.1, -0.05) is 24.2 Å². The fourth-order valence-corrected chi connectivity index (χ4v) is 6.52. The van der Waals surface area contributed by atoms with Gasteiger partial charge < -0.3 is 4.74 Å². The number of nitrogens with zero attached hydrogens (tertiary/aromatic N) is 3. The Hall–Kier alpha value is -1.45. The van der Waals surface area contributed by atoms with Crippen molar-refractivity contribution in [2.45, 2.75) is 71.3 Å². The molecule has 5 nitrogen and oxygen atoms in total. The van der Waals surface area contributed by atoms with E-state index >= 15 is 0 Å². The van der Waals surface area contributed by atoms with E-state index in [0.717, 1.165) is 60.4 Å². The van der Waals surface area contributed by atoms with Crippen LogP contribution in [0.2, 0.25) is 0 Å². The number of hydrogen-bond acceptors (Lipinski definition) is 7. The lowest BCUT2D eigenvalue weighted by atomic mass is 9.78. The van der Waals surface area contributed by atoms with Crippen LogP contribution in [0.4, 0.5) is 8.78 Å². The van der Waals surface area contributed by atoms with Crippen molar-refractivity contribution in [3.8, 4) is 5.19 Å². The normalized spacial score (nSPS) is 21.6. The second-order valence-electron chi connectivity index (χ2n) is 9.02. The second kappa shape index (κ2) is 11.1. The van der Waals surface area contributed by atoms with Crippen LogP contribution in [-0.4, -0.2) is 46.8 Å². The minimum Gasteiger partial charge on any atom is -0.464 e. The van der Waals surface area contributed by atoms with Gasteiger partial charge in [-0.2, -0.15) is 0 Å². The maximum absolute atomic E-state index is 12.4. The summed E-state index contributed by atoms with van der Waals surface area (Å²) in [4.78, 5) is 25.7. The average molecular weight is 484 g/mol. The molecule has 9 heteroatoms. The molecule has 0 saturated heterocycles. The summed E-state index contributed by atoms with van der Waals surface area (Å²) in [7, 11) is 0. The summed E-state index contributed by atoms with van der Waals surface area (Å²) in [6, 6.07) is 0. The van der Waals surface area contributed by atoms with Gasteiger partial charge in [0.05, 0.1) is 10.7 Å². The summed E-state index contributed by atoms with van der Waals surface area (Å²) >= 11 is 3.03. The van der Waals surface area contributed by atoms with Gasteiger partial charge in [0.1, 0.15) is 5.78 Å². The van der Waals surface area contributed by atoms with Gasteiger partial charge in [0.15, 0.2) is 6.61 Å². The fraction of sp³-hybridized carbons (Fsp3) is 0.696. The first-order chi connectivity index (χ1) is 15.4. The summed E-state index contributed by atoms with van der Waals surface area (Å²) < 4.78 is 29.8. The zero-order valence-corrected chi connectivity index (χ0v) is 20.2. The average Bonchev–Trinajstić information content (AvgIpc) is 3.36. The highest BCUT2D eigenvalue weighted by atomic mass is 32.1. The standard InChI is InChI=1S/C23H31F2N3O2S2/c1-15-26-12-19(31-15)11-18(29)10-17-4-2-16(3-5-17)6-8-28-9-7-21-20(13-28)27-23(32-21)30-14-22(24)25/h12,16-17,22H,2-11,13-14H2,1H3. The van der Waals surface area contributed by atoms with Gasteiger partial charge in [-0.3, -0.25) is 9.69 Å². The Morgan fingerprint density at radius 2 is 2.03 bits per heavy atom. The van der Waals surface area contributed by atoms with Crippen molar-refractivity contribution in [1.29, 1.82) is 0 Å². The monoisotopic (exact) mass is 483 g/mol. The summed E-state index contributed by atoms with van der Waals surface area (Å²) in [5.74, 6) is 1.61. The Morgan fingerprint density at radius 1 is 1.25 bits per heavy atom. The first-order valence-corrected chi connectivity index (χ1v) is 13.1. The number of aryl methyl sites for hydroxylation is 1. The SMILES string of the molecule is Cc1ncc(CC(=O)CC2CCC(CCN3CCc4sc(OCC(F)F)nc4C3)CC2)s1. The molecule has 0 aromatic carbocycles. The molecule has 0 N–H and O–H groups in total. The van der Waals surface area contributed by atoms with Crippen LogP contribution < -0.4 is 4.74 Å². The highest BCUT2D eigenvalue weighted by Gasteiger charge is 2.26. The van der Waals surface area contributed by atoms with Crippen molar-refractivity contribution in [2.24, 2.45) is 11.8 Å². The summed E-state index contributed by atoms with van der Waals surface area (Å²) in [6.07, 6.45) is 7.42. The number of ketones is 1. The van der Waals surface area contributed by atoms with Gasteiger partial charge in [0.25, 0.3) is 11.6 Å². The maximum atomic E-state index is 12.4. The van der Waals surface area contributed by atoms with Crippen LogP contribution in [-0.2, 0) is 24.2 Å². The summed E-state index contributed by atoms with van der Waals surface area (Å²) in [5.41, 5.74) is 0.990. The molecule has 0 unspecified atom stereocenters. The fourth-order valence-electron chi connectivity index (χ4n) is 4.78. The number of carbonyl (C=O) groups excluding carboxylic acids is 1. The number of halogens is 2. The third-order valence-corrected chi connectivity index (χ3v) is 8.48. The first kappa shape index (κ1) is 23.7. The van der Waals surface area contributed by atoms with Crippen LogP contribution in [0.1, 0.15) is 59.0 Å². The van der Waals surface area contributed by atoms with Gasteiger partial charge in [-0.15, -0.1) is 11.3 Å². The van der Waals surface area contributed by atoms with E-state index in [-0.39, 0.29) is 0 Å². The molecule has 2 aromatic rings. The van der Waals surface area contributed by atoms with E-state index in [1.54, 1.807) is 11.3 Å². The van der Waals surface area contributed by atoms with E-state index in [1.807, 2.05) is 13.1 Å². The summed E-state index contributed by atoms with van der Waals surface area (Å²) in [5, 5.41) is 1.39. The number of alkyl halides is 2. The molecule has 1 saturated carbocycles. The van der Waals surface area contributed by atoms with Gasteiger partial charge in [0, 0.05) is 41.9 Å². The maximum Gasteiger partial charge on any atom is 0.273 e. The number of hydrogen-bond donors (Lipinski definition) is 0. The lowest BCUT2D eigenvalue weighted by Crippen LogP contribution is -2.32. The van der Waals surface area contributed by atoms with E-state index in [2.05, 4.69) is 14.9 Å². The van der Waals surface area contributed by atoms with E-state index in [4.69, 9.17) is 4.74 Å². The minimum absolute atomic E-state index is 0.349. The van der Waals surface area contributed by atoms with Crippen molar-refractivity contribution < 1.29 is 18.3 Å². The van der Waals surface area contributed by atoms with Crippen molar-refractivity contribution >= 4 is 28.5 Å². The Bertz CT molecular complexity index is 894. The van der Waals surface area contributed by atoms with Crippen LogP contribution in [0, 0.1) is 18.8 Å². The van der Waals surface area contributed by atoms with Gasteiger partial charge in [-0.25, -0.2) is 18.7 Å². The van der Waals surface area contributed by atoms with Crippen LogP contribution in [0.15, 0.2) is 6.20 Å². The van der Waals surface area contributed by atoms with Crippen LogP contribution >= 0.6 is 22.7 Å². The number of ether oxygens (including phenoxy) is 1. The molecule has 1 aliphatic carbocycles. The largest absolute Gasteiger partial charge is 0.464 e. The molecular weight excluding hydrogens is 452 g/mol. The molecule has 2 aliphatic rings. The minimum atomic E-state index is -2.47. The van der Waals surface area contributed by atoms with Crippen LogP contribution in [0.3, 0.4) is 0 Å². The summed E-state index contributed by atoms with van der Waals surface area (Å²) in [6.45, 7) is 4.20. The lowest BCUT2D eigenvalue weighted by molar-refractivity contribution is -0.119. The van der Waals surface area contributed by atoms with E-state index in [1.165, 1.54) is 35.5 Å². The van der Waals surface area contributed by atoms with E-state index in [0.29, 0.717) is 29.7 Å². The molecule has 1 aliphatic heterocycles. The number of rotatable bonds is 10. The Morgan fingerprint density at radius 3 is 2.75 bits per heavy atom. The van der Waals surface area contributed by atoms with Gasteiger partial charge in [0.2, 0.25) is 0 Å². The number of Topliss-reactive ketones (excluding diaryl/α,β-unsaturated/α-hetero) is 1. The van der Waals surface area contributed by atoms with Gasteiger partial charge in [-0.05, 0) is 51.0 Å². The van der Waals surface area contributed by atoms with E-state index < -0.39 is 13.0 Å². The quantitative estimate of drug-likeness (QED) is 0.459. The third-order valence-electron chi connectivity index (χ3n) is 6.50. The van der Waals surface area contributed by atoms with Gasteiger partial charge >= 0.3 is 0 Å². The lowest BCUT2D eigenvalue weighted by Gasteiger charge is -2.31. The number of aromatic nitrogens is 2. The molecule has 3 heterocycles. The predicted molar refractivity (Wildman–Crippen MR) is 123 cm³/mol. The van der Waals surface area contributed by atoms with Crippen molar-refractivity contribution in [2.75, 3.05) is 19.7 Å². The number of thiazole rings is 2. The van der Waals surface area contributed by atoms with Crippen molar-refractivity contribution in [3.05, 3.63) is 26.7 Å². The van der Waals surface area contributed by atoms with Crippen molar-refractivity contribution in [3.63, 3.8) is 0 Å². The molecule has 0 spiro atoms. The molecule has 0 atom stereocenters. The molecule has 0 bridgehead atoms. The molecule has 32 heavy (non-hydrogen) atoms. The second-order valence-corrected chi connectivity index (χ2v) is 11.4. The Labute approximate surface area is 196 Å². The number of fused-ring (bicyclic) bond motifs is 1. The zero-order chi connectivity index (χ0) is 22.5. The van der Waals surface area contributed by atoms with Crippen LogP contribution in [0.5, 0.6) is 5.19 Å². The van der Waals surface area contributed by atoms with Crippen molar-refractivity contribution in [1.82, 2.24) is 14.9 Å². The Balaban J connectivity index is 1.14. The first-order valence-electron chi connectivity index (χ1n) is 11.5. The third kappa shape index (κ3) is 6.78. The molecule has 4 rings (SSSR count). The molecule has 1 fully saturated rings. The molecule has 2 aromatic heterocycles. The molecular formula is C23H31F2N3O2S2. The van der Waals surface area contributed by atoms with Crippen LogP contribution in [0.25, 0.3) is 0 Å². The highest BCUT2D eigenvalue weighted by molar-refractivity contribution is 7.13. The smallest absolute Gasteiger partial charge is 0.273 e. The number of carbonyl (C=O) groups is 1.